The number of hydrogen-bond donors (Lipinski definition) is 1. The number of hydrogen-bond acceptors (Lipinski definition) is 4. The van der Waals surface area contributed by atoms with Gasteiger partial charge >= 0.3 is 0 Å². The number of allylic oxidation sites excluding steroid dienone is 1. The van der Waals surface area contributed by atoms with Gasteiger partial charge in [-0.1, -0.05) is 63.5 Å². The minimum atomic E-state index is -3.62. The summed E-state index contributed by atoms with van der Waals surface area (Å²) in [6, 6.07) is 9.58. The van der Waals surface area contributed by atoms with Crippen LogP contribution in [0, 0.1) is 18.3 Å². The fourth-order valence-electron chi connectivity index (χ4n) is 3.48. The topological polar surface area (TPSA) is 90.5 Å². The summed E-state index contributed by atoms with van der Waals surface area (Å²) in [5.74, 6) is 0.310. The molecule has 0 saturated carbocycles. The van der Waals surface area contributed by atoms with Gasteiger partial charge in [0.2, 0.25) is 0 Å². The fraction of sp³-hybridized carbons (Fsp3) is 0.476. The normalized spacial score (nSPS) is 20.0. The lowest BCUT2D eigenvalue weighted by atomic mass is 10.0. The van der Waals surface area contributed by atoms with Crippen LogP contribution >= 0.6 is 0 Å². The maximum Gasteiger partial charge on any atom is 0.182 e. The molecule has 1 aliphatic rings. The second-order valence-corrected chi connectivity index (χ2v) is 10.7. The highest BCUT2D eigenvalue weighted by molar-refractivity contribution is 8.00. The Hall–Kier alpha value is -1.75. The molecule has 7 heteroatoms. The molecule has 2 atom stereocenters. The van der Waals surface area contributed by atoms with Crippen LogP contribution in [-0.2, 0) is 20.5 Å². The molecule has 1 aromatic rings. The van der Waals surface area contributed by atoms with Crippen LogP contribution in [0.5, 0.6) is 0 Å². The highest BCUT2D eigenvalue weighted by atomic mass is 32.2. The first kappa shape index (κ1) is 22.5. The average molecular weight is 421 g/mol. The second kappa shape index (κ2) is 10.1. The van der Waals surface area contributed by atoms with Crippen molar-refractivity contribution < 1.29 is 13.6 Å². The van der Waals surface area contributed by atoms with E-state index in [1.165, 1.54) is 0 Å². The zero-order chi connectivity index (χ0) is 20.7. The highest BCUT2D eigenvalue weighted by Crippen LogP contribution is 2.38. The van der Waals surface area contributed by atoms with Gasteiger partial charge in [-0.3, -0.25) is 5.21 Å². The van der Waals surface area contributed by atoms with E-state index < -0.39 is 25.8 Å². The summed E-state index contributed by atoms with van der Waals surface area (Å²) in [6.07, 6.45) is 5.38. The van der Waals surface area contributed by atoms with Crippen molar-refractivity contribution in [3.8, 4) is 6.07 Å². The third kappa shape index (κ3) is 4.62. The van der Waals surface area contributed by atoms with Crippen LogP contribution in [0.2, 0.25) is 0 Å². The molecule has 0 saturated heterocycles. The smallest absolute Gasteiger partial charge is 0.182 e. The van der Waals surface area contributed by atoms with Gasteiger partial charge in [0.25, 0.3) is 0 Å². The van der Waals surface area contributed by atoms with Gasteiger partial charge in [-0.05, 0) is 41.6 Å². The molecule has 0 radical (unpaired) electrons. The van der Waals surface area contributed by atoms with Gasteiger partial charge < -0.3 is 0 Å². The minimum absolute atomic E-state index is 0.183. The van der Waals surface area contributed by atoms with E-state index >= 15 is 0 Å². The molecular formula is C21H28N2O3S2. The molecule has 1 aliphatic heterocycles. The molecule has 0 spiro atoms. The highest BCUT2D eigenvalue weighted by Gasteiger charge is 2.36. The van der Waals surface area contributed by atoms with Crippen molar-refractivity contribution in [3.05, 3.63) is 51.3 Å². The molecule has 0 aromatic heterocycles. The molecule has 28 heavy (non-hydrogen) atoms. The lowest BCUT2D eigenvalue weighted by molar-refractivity contribution is 0.329. The zero-order valence-corrected chi connectivity index (χ0v) is 18.3. The molecule has 152 valence electrons. The predicted molar refractivity (Wildman–Crippen MR) is 115 cm³/mol. The summed E-state index contributed by atoms with van der Waals surface area (Å²) >= 11 is 0. The molecule has 1 aromatic carbocycles. The van der Waals surface area contributed by atoms with E-state index in [1.807, 2.05) is 45.0 Å². The number of benzene rings is 1. The van der Waals surface area contributed by atoms with Crippen molar-refractivity contribution in [3.63, 3.8) is 0 Å². The van der Waals surface area contributed by atoms with Gasteiger partial charge in [-0.25, -0.2) is 8.42 Å². The number of unbranched alkanes of at least 4 members (excludes halogenated alkanes) is 1. The van der Waals surface area contributed by atoms with Gasteiger partial charge in [0.05, 0.1) is 20.6 Å². The molecule has 5 nitrogen and oxygen atoms in total. The quantitative estimate of drug-likeness (QED) is 0.468. The van der Waals surface area contributed by atoms with Crippen molar-refractivity contribution in [2.24, 2.45) is 4.53 Å². The van der Waals surface area contributed by atoms with E-state index in [2.05, 4.69) is 10.6 Å². The Morgan fingerprint density at radius 3 is 2.57 bits per heavy atom. The largest absolute Gasteiger partial charge is 0.261 e. The van der Waals surface area contributed by atoms with Gasteiger partial charge in [0, 0.05) is 5.75 Å². The maximum absolute atomic E-state index is 13.5. The number of nitriles is 1. The maximum atomic E-state index is 13.5. The van der Waals surface area contributed by atoms with Crippen LogP contribution < -0.4 is 0 Å². The first-order chi connectivity index (χ1) is 13.4. The van der Waals surface area contributed by atoms with Crippen LogP contribution in [0.3, 0.4) is 0 Å². The summed E-state index contributed by atoms with van der Waals surface area (Å²) in [7, 11) is -4.66. The van der Waals surface area contributed by atoms with E-state index in [-0.39, 0.29) is 10.5 Å². The average Bonchev–Trinajstić information content (AvgIpc) is 3.12. The van der Waals surface area contributed by atoms with Gasteiger partial charge in [0.1, 0.15) is 6.07 Å². The predicted octanol–water partition coefficient (Wildman–Crippen LogP) is 5.09. The van der Waals surface area contributed by atoms with Gasteiger partial charge in [-0.2, -0.15) is 5.26 Å². The Kier molecular flexibility index (Phi) is 8.17. The standard InChI is InChI=1S/C21H28N2O3S2/c1-4-6-11-17(9-5-2)28(25,26)20-13-14-27(23-24)21(20)19(15-22)18-12-8-7-10-16(18)3/h7-8,10,12-13,17,24H,4-6,9,11,14H2,1-3H3. The Morgan fingerprint density at radius 2 is 2.00 bits per heavy atom. The third-order valence-corrected chi connectivity index (χ3v) is 9.01. The van der Waals surface area contributed by atoms with Crippen LogP contribution in [0.4, 0.5) is 0 Å². The van der Waals surface area contributed by atoms with Gasteiger partial charge in [-0.15, -0.1) is 4.53 Å². The van der Waals surface area contributed by atoms with Gasteiger partial charge in [0.15, 0.2) is 9.84 Å². The van der Waals surface area contributed by atoms with Crippen molar-refractivity contribution >= 4 is 26.1 Å². The molecule has 2 unspecified atom stereocenters. The van der Waals surface area contributed by atoms with Crippen LogP contribution in [0.1, 0.15) is 57.1 Å². The van der Waals surface area contributed by atoms with Crippen molar-refractivity contribution in [2.45, 2.75) is 58.1 Å². The Labute approximate surface area is 170 Å². The van der Waals surface area contributed by atoms with E-state index in [0.717, 1.165) is 24.8 Å². The van der Waals surface area contributed by atoms with Crippen molar-refractivity contribution in [1.82, 2.24) is 0 Å². The van der Waals surface area contributed by atoms with E-state index in [9.17, 15) is 18.9 Å². The minimum Gasteiger partial charge on any atom is -0.261 e. The first-order valence-corrected chi connectivity index (χ1v) is 12.5. The summed E-state index contributed by atoms with van der Waals surface area (Å²) < 4.78 is 30.4. The Morgan fingerprint density at radius 1 is 1.29 bits per heavy atom. The monoisotopic (exact) mass is 420 g/mol. The van der Waals surface area contributed by atoms with Crippen LogP contribution in [0.15, 0.2) is 44.7 Å². The summed E-state index contributed by atoms with van der Waals surface area (Å²) in [4.78, 5) is 0.542. The molecule has 0 fully saturated rings. The SMILES string of the molecule is CCCCC(CCC)S(=O)(=O)C1=CCS(=NO)C1=C(C#N)c1ccccc1C. The third-order valence-electron chi connectivity index (χ3n) is 4.97. The lowest BCUT2D eigenvalue weighted by Crippen LogP contribution is -2.23. The molecule has 2 rings (SSSR count). The van der Waals surface area contributed by atoms with Crippen LogP contribution in [-0.4, -0.2) is 24.6 Å². The molecular weight excluding hydrogens is 392 g/mol. The van der Waals surface area contributed by atoms with Crippen molar-refractivity contribution in [1.29, 1.82) is 5.26 Å². The Balaban J connectivity index is 2.66. The molecule has 0 amide bonds. The van der Waals surface area contributed by atoms with E-state index in [1.54, 1.807) is 6.08 Å². The molecule has 0 bridgehead atoms. The summed E-state index contributed by atoms with van der Waals surface area (Å²) in [5.41, 5.74) is 1.86. The fourth-order valence-corrected chi connectivity index (χ4v) is 7.63. The second-order valence-electron chi connectivity index (χ2n) is 6.91. The molecule has 1 heterocycles. The number of sulfone groups is 1. The van der Waals surface area contributed by atoms with Crippen molar-refractivity contribution in [2.75, 3.05) is 5.75 Å². The summed E-state index contributed by atoms with van der Waals surface area (Å²) in [5, 5.41) is 19.0. The van der Waals surface area contributed by atoms with E-state index in [4.69, 9.17) is 0 Å². The number of rotatable bonds is 8. The zero-order valence-electron chi connectivity index (χ0n) is 16.7. The number of aryl methyl sites for hydroxylation is 1. The first-order valence-electron chi connectivity index (χ1n) is 9.63. The Bertz CT molecular complexity index is 954. The lowest BCUT2D eigenvalue weighted by Gasteiger charge is -2.19. The summed E-state index contributed by atoms with van der Waals surface area (Å²) in [6.45, 7) is 5.91. The molecule has 0 aliphatic carbocycles. The van der Waals surface area contributed by atoms with Crippen LogP contribution in [0.25, 0.3) is 5.57 Å². The van der Waals surface area contributed by atoms with E-state index in [0.29, 0.717) is 29.1 Å². The molecule has 1 N–H and O–H groups in total. The number of nitrogens with zero attached hydrogens (tertiary/aromatic N) is 2.